The average Bonchev–Trinajstić information content (AvgIpc) is 3.22. The molecule has 0 N–H and O–H groups in total. The second-order valence-electron chi connectivity index (χ2n) is 10.4. The molecule has 0 saturated heterocycles. The zero-order chi connectivity index (χ0) is 20.9. The lowest BCUT2D eigenvalue weighted by atomic mass is 9.87. The van der Waals surface area contributed by atoms with Gasteiger partial charge in [0.25, 0.3) is 0 Å². The quantitative estimate of drug-likeness (QED) is 0.667. The van der Waals surface area contributed by atoms with Crippen molar-refractivity contribution in [2.45, 2.75) is 78.6 Å². The molecule has 3 heterocycles. The molecule has 3 aromatic heterocycles. The number of hydrogen-bond donors (Lipinski definition) is 0. The van der Waals surface area contributed by atoms with Gasteiger partial charge in [-0.05, 0) is 23.1 Å². The summed E-state index contributed by atoms with van der Waals surface area (Å²) >= 11 is 0. The highest BCUT2D eigenvalue weighted by Gasteiger charge is 2.23. The SMILES string of the molecule is CC(C)(C)c1cc(-n2cc(C(C)(C)C)nn2)nc(-n2cc(C(C)(C)C)nn2)c1. The van der Waals surface area contributed by atoms with Gasteiger partial charge in [-0.2, -0.15) is 0 Å². The van der Waals surface area contributed by atoms with Gasteiger partial charge in [0.1, 0.15) is 0 Å². The van der Waals surface area contributed by atoms with Crippen LogP contribution in [0.1, 0.15) is 79.3 Å². The lowest BCUT2D eigenvalue weighted by molar-refractivity contribution is 0.566. The summed E-state index contributed by atoms with van der Waals surface area (Å²) in [6.07, 6.45) is 3.89. The van der Waals surface area contributed by atoms with Crippen molar-refractivity contribution in [3.63, 3.8) is 0 Å². The van der Waals surface area contributed by atoms with Crippen molar-refractivity contribution in [1.29, 1.82) is 0 Å². The Morgan fingerprint density at radius 3 is 1.29 bits per heavy atom. The maximum atomic E-state index is 4.80. The van der Waals surface area contributed by atoms with Crippen LogP contribution in [0.3, 0.4) is 0 Å². The molecule has 7 heteroatoms. The molecule has 150 valence electrons. The van der Waals surface area contributed by atoms with E-state index in [1.165, 1.54) is 0 Å². The summed E-state index contributed by atoms with van der Waals surface area (Å²) in [6.45, 7) is 19.3. The highest BCUT2D eigenvalue weighted by molar-refractivity contribution is 5.40. The first kappa shape index (κ1) is 20.2. The van der Waals surface area contributed by atoms with E-state index in [9.17, 15) is 0 Å². The standard InChI is InChI=1S/C21H31N7/c1-19(2,3)14-10-17(27-12-15(23-25-27)20(4,5)6)22-18(11-14)28-13-16(24-26-28)21(7,8)9/h10-13H,1-9H3. The van der Waals surface area contributed by atoms with E-state index in [4.69, 9.17) is 4.98 Å². The first-order chi connectivity index (χ1) is 12.7. The third-order valence-electron chi connectivity index (χ3n) is 4.66. The second-order valence-corrected chi connectivity index (χ2v) is 10.4. The molecule has 0 saturated carbocycles. The van der Waals surface area contributed by atoms with Crippen molar-refractivity contribution in [2.24, 2.45) is 0 Å². The van der Waals surface area contributed by atoms with Gasteiger partial charge in [-0.1, -0.05) is 72.7 Å². The molecule has 0 spiro atoms. The molecule has 0 aliphatic rings. The Labute approximate surface area is 167 Å². The summed E-state index contributed by atoms with van der Waals surface area (Å²) < 4.78 is 3.47. The number of pyridine rings is 1. The fourth-order valence-corrected chi connectivity index (χ4v) is 2.61. The van der Waals surface area contributed by atoms with Crippen LogP contribution >= 0.6 is 0 Å². The summed E-state index contributed by atoms with van der Waals surface area (Å²) in [5.74, 6) is 1.44. The summed E-state index contributed by atoms with van der Waals surface area (Å²) in [7, 11) is 0. The van der Waals surface area contributed by atoms with E-state index < -0.39 is 0 Å². The molecule has 0 amide bonds. The highest BCUT2D eigenvalue weighted by atomic mass is 15.5. The molecule has 0 aliphatic heterocycles. The maximum absolute atomic E-state index is 4.80. The Hall–Kier alpha value is -2.57. The Morgan fingerprint density at radius 2 is 1.00 bits per heavy atom. The lowest BCUT2D eigenvalue weighted by Gasteiger charge is -2.20. The van der Waals surface area contributed by atoms with E-state index in [1.807, 2.05) is 12.4 Å². The molecule has 0 fully saturated rings. The maximum Gasteiger partial charge on any atom is 0.157 e. The zero-order valence-corrected chi connectivity index (χ0v) is 18.4. The van der Waals surface area contributed by atoms with Crippen LogP contribution in [-0.2, 0) is 16.2 Å². The minimum Gasteiger partial charge on any atom is -0.209 e. The molecule has 3 rings (SSSR count). The molecular formula is C21H31N7. The minimum atomic E-state index is -0.0732. The van der Waals surface area contributed by atoms with Gasteiger partial charge < -0.3 is 0 Å². The molecule has 0 radical (unpaired) electrons. The van der Waals surface area contributed by atoms with Gasteiger partial charge in [0, 0.05) is 10.8 Å². The van der Waals surface area contributed by atoms with Crippen molar-refractivity contribution >= 4 is 0 Å². The molecule has 28 heavy (non-hydrogen) atoms. The minimum absolute atomic E-state index is 0.0483. The van der Waals surface area contributed by atoms with Gasteiger partial charge >= 0.3 is 0 Å². The van der Waals surface area contributed by atoms with Gasteiger partial charge in [-0.15, -0.1) is 10.2 Å². The molecule has 0 atom stereocenters. The van der Waals surface area contributed by atoms with Crippen LogP contribution < -0.4 is 0 Å². The van der Waals surface area contributed by atoms with Crippen molar-refractivity contribution in [3.8, 4) is 11.6 Å². The van der Waals surface area contributed by atoms with Crippen LogP contribution in [0.2, 0.25) is 0 Å². The predicted octanol–water partition coefficient (Wildman–Crippen LogP) is 4.14. The lowest BCUT2D eigenvalue weighted by Crippen LogP contribution is -2.15. The molecular weight excluding hydrogens is 350 g/mol. The van der Waals surface area contributed by atoms with E-state index >= 15 is 0 Å². The van der Waals surface area contributed by atoms with E-state index in [0.29, 0.717) is 0 Å². The van der Waals surface area contributed by atoms with Crippen molar-refractivity contribution in [1.82, 2.24) is 35.0 Å². The Bertz CT molecular complexity index is 905. The van der Waals surface area contributed by atoms with E-state index in [0.717, 1.165) is 28.6 Å². The Kier molecular flexibility index (Phi) is 4.68. The van der Waals surface area contributed by atoms with Crippen LogP contribution in [0.25, 0.3) is 11.6 Å². The van der Waals surface area contributed by atoms with E-state index in [-0.39, 0.29) is 16.2 Å². The summed E-state index contributed by atoms with van der Waals surface area (Å²) in [5, 5.41) is 17.3. The van der Waals surface area contributed by atoms with Crippen LogP contribution in [0, 0.1) is 0 Å². The molecule has 0 bridgehead atoms. The van der Waals surface area contributed by atoms with Gasteiger partial charge in [0.05, 0.1) is 23.8 Å². The van der Waals surface area contributed by atoms with E-state index in [1.54, 1.807) is 9.36 Å². The monoisotopic (exact) mass is 381 g/mol. The largest absolute Gasteiger partial charge is 0.209 e. The molecule has 0 aliphatic carbocycles. The van der Waals surface area contributed by atoms with Gasteiger partial charge in [0.15, 0.2) is 11.6 Å². The second kappa shape index (κ2) is 6.50. The number of rotatable bonds is 2. The number of hydrogen-bond acceptors (Lipinski definition) is 5. The Morgan fingerprint density at radius 1 is 0.607 bits per heavy atom. The third-order valence-corrected chi connectivity index (χ3v) is 4.66. The molecule has 0 unspecified atom stereocenters. The predicted molar refractivity (Wildman–Crippen MR) is 110 cm³/mol. The van der Waals surface area contributed by atoms with Gasteiger partial charge in [-0.25, -0.2) is 14.3 Å². The normalized spacial score (nSPS) is 13.2. The van der Waals surface area contributed by atoms with E-state index in [2.05, 4.69) is 95.1 Å². The van der Waals surface area contributed by atoms with Crippen LogP contribution in [-0.4, -0.2) is 35.0 Å². The van der Waals surface area contributed by atoms with Crippen molar-refractivity contribution < 1.29 is 0 Å². The first-order valence-electron chi connectivity index (χ1n) is 9.64. The summed E-state index contributed by atoms with van der Waals surface area (Å²) in [6, 6.07) is 4.12. The van der Waals surface area contributed by atoms with Crippen molar-refractivity contribution in [3.05, 3.63) is 41.5 Å². The number of aromatic nitrogens is 7. The Balaban J connectivity index is 2.13. The average molecular weight is 382 g/mol. The fourth-order valence-electron chi connectivity index (χ4n) is 2.61. The highest BCUT2D eigenvalue weighted by Crippen LogP contribution is 2.27. The molecule has 3 aromatic rings. The topological polar surface area (TPSA) is 74.3 Å². The van der Waals surface area contributed by atoms with Gasteiger partial charge in [0.2, 0.25) is 0 Å². The number of nitrogens with zero attached hydrogens (tertiary/aromatic N) is 7. The smallest absolute Gasteiger partial charge is 0.157 e. The zero-order valence-electron chi connectivity index (χ0n) is 18.4. The first-order valence-corrected chi connectivity index (χ1v) is 9.64. The third kappa shape index (κ3) is 4.13. The summed E-state index contributed by atoms with van der Waals surface area (Å²) in [5.41, 5.74) is 2.80. The fraction of sp³-hybridized carbons (Fsp3) is 0.571. The summed E-state index contributed by atoms with van der Waals surface area (Å²) in [4.78, 5) is 4.80. The van der Waals surface area contributed by atoms with Crippen LogP contribution in [0.4, 0.5) is 0 Å². The van der Waals surface area contributed by atoms with Crippen LogP contribution in [0.5, 0.6) is 0 Å². The molecule has 7 nitrogen and oxygen atoms in total. The van der Waals surface area contributed by atoms with Gasteiger partial charge in [-0.3, -0.25) is 0 Å². The molecule has 0 aromatic carbocycles. The van der Waals surface area contributed by atoms with Crippen molar-refractivity contribution in [2.75, 3.05) is 0 Å². The van der Waals surface area contributed by atoms with Crippen LogP contribution in [0.15, 0.2) is 24.5 Å².